The van der Waals surface area contributed by atoms with E-state index in [1.165, 1.54) is 0 Å². The highest BCUT2D eigenvalue weighted by Crippen LogP contribution is 2.26. The predicted molar refractivity (Wildman–Crippen MR) is 47.8 cm³/mol. The fraction of sp³-hybridized carbons (Fsp3) is 0.750. The zero-order valence-corrected chi connectivity index (χ0v) is 7.60. The highest BCUT2D eigenvalue weighted by atomic mass is 32.2. The first-order valence-electron chi connectivity index (χ1n) is 3.78. The van der Waals surface area contributed by atoms with Gasteiger partial charge in [0.1, 0.15) is 5.44 Å². The second-order valence-electron chi connectivity index (χ2n) is 2.49. The minimum absolute atomic E-state index is 0.340. The molecule has 0 amide bonds. The molecule has 1 saturated heterocycles. The van der Waals surface area contributed by atoms with Crippen molar-refractivity contribution in [2.24, 2.45) is 0 Å². The average Bonchev–Trinajstić information content (AvgIpc) is 2.37. The average molecular weight is 174 g/mol. The second-order valence-corrected chi connectivity index (χ2v) is 4.09. The van der Waals surface area contributed by atoms with E-state index in [2.05, 4.69) is 13.5 Å². The van der Waals surface area contributed by atoms with Crippen LogP contribution in [-0.2, 0) is 9.47 Å². The fourth-order valence-electron chi connectivity index (χ4n) is 0.963. The summed E-state index contributed by atoms with van der Waals surface area (Å²) in [5.74, 6) is 0. The summed E-state index contributed by atoms with van der Waals surface area (Å²) >= 11 is 1.83. The lowest BCUT2D eigenvalue weighted by atomic mass is 10.5. The van der Waals surface area contributed by atoms with Gasteiger partial charge in [0.05, 0.1) is 25.1 Å². The minimum atomic E-state index is 0.340. The van der Waals surface area contributed by atoms with Crippen LogP contribution in [0.25, 0.3) is 0 Å². The molecule has 2 nitrogen and oxygen atoms in total. The van der Waals surface area contributed by atoms with E-state index in [9.17, 15) is 0 Å². The standard InChI is InChI=1S/C8H14O2S/c1-3-4-9-5-8-6-10-7(2)11-8/h3,7-8H,1,4-6H2,2H3. The van der Waals surface area contributed by atoms with Crippen molar-refractivity contribution in [3.05, 3.63) is 12.7 Å². The number of thioether (sulfide) groups is 1. The number of ether oxygens (including phenoxy) is 2. The van der Waals surface area contributed by atoms with Crippen LogP contribution in [0.5, 0.6) is 0 Å². The molecule has 0 radical (unpaired) electrons. The molecule has 2 atom stereocenters. The van der Waals surface area contributed by atoms with E-state index in [1.807, 2.05) is 11.8 Å². The quantitative estimate of drug-likeness (QED) is 0.477. The van der Waals surface area contributed by atoms with Crippen molar-refractivity contribution in [1.29, 1.82) is 0 Å². The Morgan fingerprint density at radius 3 is 3.18 bits per heavy atom. The van der Waals surface area contributed by atoms with Gasteiger partial charge in [0, 0.05) is 0 Å². The van der Waals surface area contributed by atoms with Crippen molar-refractivity contribution in [2.45, 2.75) is 17.6 Å². The van der Waals surface area contributed by atoms with Gasteiger partial charge in [-0.3, -0.25) is 0 Å². The van der Waals surface area contributed by atoms with Gasteiger partial charge in [0.15, 0.2) is 0 Å². The lowest BCUT2D eigenvalue weighted by Gasteiger charge is -2.05. The first-order chi connectivity index (χ1) is 5.33. The van der Waals surface area contributed by atoms with Crippen LogP contribution in [0.4, 0.5) is 0 Å². The van der Waals surface area contributed by atoms with Gasteiger partial charge in [-0.25, -0.2) is 0 Å². The van der Waals surface area contributed by atoms with Crippen LogP contribution < -0.4 is 0 Å². The summed E-state index contributed by atoms with van der Waals surface area (Å²) in [7, 11) is 0. The van der Waals surface area contributed by atoms with Crippen LogP contribution in [0.3, 0.4) is 0 Å². The molecule has 2 unspecified atom stereocenters. The molecule has 0 aliphatic carbocycles. The van der Waals surface area contributed by atoms with Crippen LogP contribution in [-0.4, -0.2) is 30.5 Å². The number of rotatable bonds is 4. The second kappa shape index (κ2) is 4.80. The first kappa shape index (κ1) is 9.10. The lowest BCUT2D eigenvalue weighted by molar-refractivity contribution is 0.111. The summed E-state index contributed by atoms with van der Waals surface area (Å²) in [4.78, 5) is 0. The summed E-state index contributed by atoms with van der Waals surface area (Å²) in [6.07, 6.45) is 1.77. The highest BCUT2D eigenvalue weighted by molar-refractivity contribution is 8.00. The van der Waals surface area contributed by atoms with Crippen LogP contribution in [0, 0.1) is 0 Å². The first-order valence-corrected chi connectivity index (χ1v) is 4.73. The van der Waals surface area contributed by atoms with Crippen LogP contribution in [0.15, 0.2) is 12.7 Å². The van der Waals surface area contributed by atoms with Gasteiger partial charge in [0.2, 0.25) is 0 Å². The van der Waals surface area contributed by atoms with Crippen LogP contribution >= 0.6 is 11.8 Å². The maximum atomic E-state index is 5.35. The molecule has 0 aromatic carbocycles. The monoisotopic (exact) mass is 174 g/mol. The van der Waals surface area contributed by atoms with Gasteiger partial charge >= 0.3 is 0 Å². The molecule has 1 aliphatic heterocycles. The Kier molecular flexibility index (Phi) is 3.97. The Hall–Kier alpha value is 0.0100. The van der Waals surface area contributed by atoms with Gasteiger partial charge in [-0.15, -0.1) is 18.3 Å². The zero-order valence-electron chi connectivity index (χ0n) is 6.79. The van der Waals surface area contributed by atoms with Crippen molar-refractivity contribution in [1.82, 2.24) is 0 Å². The predicted octanol–water partition coefficient (Wildman–Crippen LogP) is 1.67. The van der Waals surface area contributed by atoms with Gasteiger partial charge in [0.25, 0.3) is 0 Å². The van der Waals surface area contributed by atoms with Gasteiger partial charge < -0.3 is 9.47 Å². The third-order valence-corrected chi connectivity index (χ3v) is 2.62. The van der Waals surface area contributed by atoms with E-state index in [4.69, 9.17) is 9.47 Å². The number of hydrogen-bond donors (Lipinski definition) is 0. The summed E-state index contributed by atoms with van der Waals surface area (Å²) < 4.78 is 10.6. The number of hydrogen-bond acceptors (Lipinski definition) is 3. The largest absolute Gasteiger partial charge is 0.376 e. The topological polar surface area (TPSA) is 18.5 Å². The smallest absolute Gasteiger partial charge is 0.100 e. The molecule has 0 N–H and O–H groups in total. The molecule has 11 heavy (non-hydrogen) atoms. The maximum Gasteiger partial charge on any atom is 0.100 e. The third-order valence-electron chi connectivity index (χ3n) is 1.44. The Morgan fingerprint density at radius 2 is 2.64 bits per heavy atom. The lowest BCUT2D eigenvalue weighted by Crippen LogP contribution is -2.12. The zero-order chi connectivity index (χ0) is 8.10. The Labute approximate surface area is 71.9 Å². The van der Waals surface area contributed by atoms with E-state index in [0.29, 0.717) is 17.3 Å². The van der Waals surface area contributed by atoms with Crippen molar-refractivity contribution in [3.63, 3.8) is 0 Å². The SMILES string of the molecule is C=CCOCC1COC(C)S1. The molecular weight excluding hydrogens is 160 g/mol. The summed E-state index contributed by atoms with van der Waals surface area (Å²) in [6, 6.07) is 0. The normalized spacial score (nSPS) is 30.6. The molecule has 0 spiro atoms. The minimum Gasteiger partial charge on any atom is -0.376 e. The van der Waals surface area contributed by atoms with Crippen LogP contribution in [0.2, 0.25) is 0 Å². The van der Waals surface area contributed by atoms with Crippen molar-refractivity contribution in [2.75, 3.05) is 19.8 Å². The van der Waals surface area contributed by atoms with E-state index < -0.39 is 0 Å². The van der Waals surface area contributed by atoms with E-state index in [1.54, 1.807) is 6.08 Å². The molecule has 0 bridgehead atoms. The summed E-state index contributed by atoms with van der Waals surface area (Å²) in [5, 5.41) is 0.518. The van der Waals surface area contributed by atoms with Gasteiger partial charge in [-0.05, 0) is 6.92 Å². The van der Waals surface area contributed by atoms with E-state index in [-0.39, 0.29) is 0 Å². The Morgan fingerprint density at radius 1 is 1.82 bits per heavy atom. The van der Waals surface area contributed by atoms with Gasteiger partial charge in [-0.1, -0.05) is 6.08 Å². The molecule has 1 rings (SSSR count). The molecule has 0 saturated carbocycles. The molecule has 1 fully saturated rings. The van der Waals surface area contributed by atoms with Crippen molar-refractivity contribution < 1.29 is 9.47 Å². The highest BCUT2D eigenvalue weighted by Gasteiger charge is 2.22. The van der Waals surface area contributed by atoms with Crippen molar-refractivity contribution >= 4 is 11.8 Å². The third kappa shape index (κ3) is 3.27. The molecule has 0 aromatic heterocycles. The molecule has 64 valence electrons. The van der Waals surface area contributed by atoms with E-state index in [0.717, 1.165) is 13.2 Å². The fourth-order valence-corrected chi connectivity index (χ4v) is 1.99. The molecule has 0 aromatic rings. The molecule has 1 heterocycles. The van der Waals surface area contributed by atoms with Crippen LogP contribution in [0.1, 0.15) is 6.92 Å². The summed E-state index contributed by atoms with van der Waals surface area (Å²) in [5.41, 5.74) is 0.340. The van der Waals surface area contributed by atoms with Gasteiger partial charge in [-0.2, -0.15) is 0 Å². The molecular formula is C8H14O2S. The van der Waals surface area contributed by atoms with Crippen molar-refractivity contribution in [3.8, 4) is 0 Å². The molecule has 1 aliphatic rings. The summed E-state index contributed by atoms with van der Waals surface area (Å²) in [6.45, 7) is 7.89. The Balaban J connectivity index is 2.03. The Bertz CT molecular complexity index is 127. The maximum absolute atomic E-state index is 5.35. The van der Waals surface area contributed by atoms with E-state index >= 15 is 0 Å². The molecule has 3 heteroatoms.